The van der Waals surface area contributed by atoms with Crippen molar-refractivity contribution in [2.24, 2.45) is 5.73 Å². The quantitative estimate of drug-likeness (QED) is 0.588. The molecule has 0 aliphatic carbocycles. The molecule has 0 unspecified atom stereocenters. The Morgan fingerprint density at radius 1 is 1.23 bits per heavy atom. The van der Waals surface area contributed by atoms with Gasteiger partial charge >= 0.3 is 0 Å². The van der Waals surface area contributed by atoms with Gasteiger partial charge in [0, 0.05) is 28.9 Å². The topological polar surface area (TPSA) is 69.1 Å². The zero-order valence-electron chi connectivity index (χ0n) is 17.0. The molecule has 0 saturated heterocycles. The Hall–Kier alpha value is -2.64. The smallest absolute Gasteiger partial charge is 0.225 e. The Morgan fingerprint density at radius 2 is 1.93 bits per heavy atom. The predicted octanol–water partition coefficient (Wildman–Crippen LogP) is 4.58. The standard InChI is InChI=1S/C22H24ClN5OS/c1-3-26-21(15-8-10-16(23)11-9-15)25-28(22(26)30)13-27-14(2)12-18(20(24)29)17-6-4-5-7-19(17)27/h4-11,14,18H,3,12-13H2,1-2H3,(H2,24,29)/t14-,18-/m0/s1. The molecule has 0 radical (unpaired) electrons. The van der Waals surface area contributed by atoms with E-state index >= 15 is 0 Å². The molecule has 0 fully saturated rings. The molecule has 2 aromatic carbocycles. The highest BCUT2D eigenvalue weighted by Crippen LogP contribution is 2.38. The molecule has 0 spiro atoms. The molecule has 1 aliphatic rings. The Labute approximate surface area is 185 Å². The number of aromatic nitrogens is 3. The number of nitrogens with zero attached hydrogens (tertiary/aromatic N) is 4. The third-order valence-corrected chi connectivity index (χ3v) is 6.38. The molecule has 4 rings (SSSR count). The van der Waals surface area contributed by atoms with Crippen LogP contribution in [0.3, 0.4) is 0 Å². The van der Waals surface area contributed by atoms with Gasteiger partial charge in [-0.2, -0.15) is 0 Å². The summed E-state index contributed by atoms with van der Waals surface area (Å²) >= 11 is 11.8. The second-order valence-electron chi connectivity index (χ2n) is 7.57. The predicted molar refractivity (Wildman–Crippen MR) is 122 cm³/mol. The molecule has 1 aromatic heterocycles. The van der Waals surface area contributed by atoms with E-state index < -0.39 is 0 Å². The summed E-state index contributed by atoms with van der Waals surface area (Å²) in [5.74, 6) is 0.247. The van der Waals surface area contributed by atoms with Gasteiger partial charge in [0.2, 0.25) is 5.91 Å². The van der Waals surface area contributed by atoms with Crippen molar-refractivity contribution < 1.29 is 4.79 Å². The van der Waals surface area contributed by atoms with Crippen LogP contribution in [0.2, 0.25) is 5.02 Å². The van der Waals surface area contributed by atoms with Crippen molar-refractivity contribution in [2.45, 2.75) is 45.4 Å². The molecule has 1 aliphatic heterocycles. The van der Waals surface area contributed by atoms with Crippen LogP contribution in [0.5, 0.6) is 0 Å². The van der Waals surface area contributed by atoms with Gasteiger partial charge in [0.25, 0.3) is 0 Å². The molecular formula is C22H24ClN5OS. The molecule has 8 heteroatoms. The van der Waals surface area contributed by atoms with E-state index in [0.29, 0.717) is 29.4 Å². The lowest BCUT2D eigenvalue weighted by atomic mass is 9.86. The second-order valence-corrected chi connectivity index (χ2v) is 8.37. The number of amides is 1. The van der Waals surface area contributed by atoms with Crippen LogP contribution in [-0.2, 0) is 18.0 Å². The maximum Gasteiger partial charge on any atom is 0.225 e. The van der Waals surface area contributed by atoms with Gasteiger partial charge in [0.05, 0.1) is 5.92 Å². The average molecular weight is 442 g/mol. The number of benzene rings is 2. The summed E-state index contributed by atoms with van der Waals surface area (Å²) in [4.78, 5) is 14.2. The molecule has 3 aromatic rings. The van der Waals surface area contributed by atoms with Crippen LogP contribution >= 0.6 is 23.8 Å². The first kappa shape index (κ1) is 20.6. The molecule has 2 heterocycles. The van der Waals surface area contributed by atoms with Crippen molar-refractivity contribution in [1.29, 1.82) is 0 Å². The van der Waals surface area contributed by atoms with Crippen LogP contribution in [-0.4, -0.2) is 26.3 Å². The van der Waals surface area contributed by atoms with E-state index in [0.717, 1.165) is 22.6 Å². The summed E-state index contributed by atoms with van der Waals surface area (Å²) < 4.78 is 4.52. The van der Waals surface area contributed by atoms with E-state index in [2.05, 4.69) is 18.7 Å². The lowest BCUT2D eigenvalue weighted by Crippen LogP contribution is -2.42. The highest BCUT2D eigenvalue weighted by molar-refractivity contribution is 7.71. The average Bonchev–Trinajstić information content (AvgIpc) is 3.05. The fraction of sp³-hybridized carbons (Fsp3) is 0.318. The number of hydrogen-bond donors (Lipinski definition) is 1. The van der Waals surface area contributed by atoms with Gasteiger partial charge in [-0.15, -0.1) is 5.10 Å². The van der Waals surface area contributed by atoms with Gasteiger partial charge in [0.15, 0.2) is 10.6 Å². The maximum atomic E-state index is 12.0. The number of hydrogen-bond acceptors (Lipinski definition) is 4. The molecule has 1 amide bonds. The summed E-state index contributed by atoms with van der Waals surface area (Å²) in [5.41, 5.74) is 8.60. The second kappa shape index (κ2) is 8.24. The first-order valence-electron chi connectivity index (χ1n) is 9.99. The summed E-state index contributed by atoms with van der Waals surface area (Å²) in [6.07, 6.45) is 0.665. The van der Waals surface area contributed by atoms with Crippen molar-refractivity contribution in [1.82, 2.24) is 14.3 Å². The van der Waals surface area contributed by atoms with Crippen molar-refractivity contribution in [3.8, 4) is 11.4 Å². The molecule has 30 heavy (non-hydrogen) atoms. The van der Waals surface area contributed by atoms with E-state index in [1.54, 1.807) is 0 Å². The van der Waals surface area contributed by atoms with E-state index in [9.17, 15) is 4.79 Å². The number of carbonyl (C=O) groups is 1. The minimum atomic E-state index is -0.286. The fourth-order valence-corrected chi connectivity index (χ4v) is 4.58. The monoisotopic (exact) mass is 441 g/mol. The highest BCUT2D eigenvalue weighted by atomic mass is 35.5. The zero-order valence-corrected chi connectivity index (χ0v) is 18.5. The lowest BCUT2D eigenvalue weighted by Gasteiger charge is -2.39. The Kier molecular flexibility index (Phi) is 5.66. The van der Waals surface area contributed by atoms with Gasteiger partial charge in [-0.25, -0.2) is 4.68 Å². The number of para-hydroxylation sites is 1. The van der Waals surface area contributed by atoms with Crippen molar-refractivity contribution in [3.05, 3.63) is 63.9 Å². The third kappa shape index (κ3) is 3.63. The van der Waals surface area contributed by atoms with Gasteiger partial charge in [-0.1, -0.05) is 29.8 Å². The first-order chi connectivity index (χ1) is 14.4. The van der Waals surface area contributed by atoms with Gasteiger partial charge in [-0.05, 0) is 68.4 Å². The molecule has 156 valence electrons. The summed E-state index contributed by atoms with van der Waals surface area (Å²) in [7, 11) is 0. The lowest BCUT2D eigenvalue weighted by molar-refractivity contribution is -0.119. The maximum absolute atomic E-state index is 12.0. The van der Waals surface area contributed by atoms with Crippen LogP contribution in [0.15, 0.2) is 48.5 Å². The van der Waals surface area contributed by atoms with Crippen molar-refractivity contribution in [2.75, 3.05) is 4.90 Å². The Balaban J connectivity index is 1.74. The van der Waals surface area contributed by atoms with Gasteiger partial charge < -0.3 is 15.2 Å². The molecular weight excluding hydrogens is 418 g/mol. The van der Waals surface area contributed by atoms with Crippen LogP contribution in [0.25, 0.3) is 11.4 Å². The minimum Gasteiger partial charge on any atom is -0.369 e. The normalized spacial score (nSPS) is 18.3. The number of primary amides is 1. The first-order valence-corrected chi connectivity index (χ1v) is 10.8. The fourth-order valence-electron chi connectivity index (χ4n) is 4.14. The van der Waals surface area contributed by atoms with Crippen LogP contribution < -0.4 is 10.6 Å². The molecule has 2 N–H and O–H groups in total. The van der Waals surface area contributed by atoms with E-state index in [4.69, 9.17) is 34.7 Å². The molecule has 6 nitrogen and oxygen atoms in total. The highest BCUT2D eigenvalue weighted by Gasteiger charge is 2.33. The number of halogens is 1. The van der Waals surface area contributed by atoms with Crippen molar-refractivity contribution >= 4 is 35.4 Å². The van der Waals surface area contributed by atoms with Gasteiger partial charge in [-0.3, -0.25) is 4.79 Å². The summed E-state index contributed by atoms with van der Waals surface area (Å²) in [6, 6.07) is 15.7. The SMILES string of the molecule is CCn1c(-c2ccc(Cl)cc2)nn(CN2c3ccccc3[C@@H](C(N)=O)C[C@@H]2C)c1=S. The molecule has 0 saturated carbocycles. The number of fused-ring (bicyclic) bond motifs is 1. The number of carbonyl (C=O) groups excluding carboxylic acids is 1. The van der Waals surface area contributed by atoms with E-state index in [1.807, 2.05) is 57.8 Å². The van der Waals surface area contributed by atoms with E-state index in [1.165, 1.54) is 0 Å². The number of nitrogens with two attached hydrogens (primary N) is 1. The van der Waals surface area contributed by atoms with Crippen LogP contribution in [0, 0.1) is 4.77 Å². The van der Waals surface area contributed by atoms with Crippen LogP contribution in [0.4, 0.5) is 5.69 Å². The summed E-state index contributed by atoms with van der Waals surface area (Å²) in [6.45, 7) is 5.37. The largest absolute Gasteiger partial charge is 0.369 e. The van der Waals surface area contributed by atoms with Crippen molar-refractivity contribution in [3.63, 3.8) is 0 Å². The third-order valence-electron chi connectivity index (χ3n) is 5.70. The number of rotatable bonds is 5. The minimum absolute atomic E-state index is 0.116. The molecule has 2 atom stereocenters. The Morgan fingerprint density at radius 3 is 2.60 bits per heavy atom. The summed E-state index contributed by atoms with van der Waals surface area (Å²) in [5, 5.41) is 5.52. The van der Waals surface area contributed by atoms with E-state index in [-0.39, 0.29) is 17.9 Å². The van der Waals surface area contributed by atoms with Crippen LogP contribution in [0.1, 0.15) is 31.7 Å². The Bertz CT molecular complexity index is 1140. The van der Waals surface area contributed by atoms with Gasteiger partial charge in [0.1, 0.15) is 6.67 Å². The zero-order chi connectivity index (χ0) is 21.4. The number of anilines is 1. The molecule has 0 bridgehead atoms.